The Labute approximate surface area is 403 Å². The van der Waals surface area contributed by atoms with Gasteiger partial charge in [-0.25, -0.2) is 0 Å². The number of allylic oxidation sites excluding steroid dienone is 14. The van der Waals surface area contributed by atoms with Crippen LogP contribution in [0.5, 0.6) is 0 Å². The van der Waals surface area contributed by atoms with Crippen molar-refractivity contribution in [3.05, 3.63) is 97.2 Å². The number of aliphatic hydroxyl groups excluding tert-OH is 5. The summed E-state index contributed by atoms with van der Waals surface area (Å²) in [4.78, 5) is 12.9. The number of unbranched alkanes of at least 4 members (excludes halogenated alkanes) is 20. The summed E-state index contributed by atoms with van der Waals surface area (Å²) >= 11 is 0. The van der Waals surface area contributed by atoms with Crippen molar-refractivity contribution in [2.24, 2.45) is 0 Å². The highest BCUT2D eigenvalue weighted by atomic mass is 16.7. The summed E-state index contributed by atoms with van der Waals surface area (Å²) < 4.78 is 11.2. The second kappa shape index (κ2) is 45.9. The number of nitrogens with one attached hydrogen (secondary N) is 1. The lowest BCUT2D eigenvalue weighted by atomic mass is 9.99. The maximum Gasteiger partial charge on any atom is 0.224 e. The van der Waals surface area contributed by atoms with Gasteiger partial charge in [-0.2, -0.15) is 0 Å². The highest BCUT2D eigenvalue weighted by Gasteiger charge is 2.44. The summed E-state index contributed by atoms with van der Waals surface area (Å²) in [5.74, 6) is -0.321. The van der Waals surface area contributed by atoms with E-state index in [9.17, 15) is 30.3 Å². The first-order valence-corrected chi connectivity index (χ1v) is 26.5. The number of ether oxygens (including phenoxy) is 2. The molecule has 1 amide bonds. The normalized spacial score (nSPS) is 20.6. The number of hydrogen-bond acceptors (Lipinski definition) is 8. The first kappa shape index (κ1) is 61.1. The molecule has 0 saturated carbocycles. The second-order valence-electron chi connectivity index (χ2n) is 17.9. The van der Waals surface area contributed by atoms with E-state index in [4.69, 9.17) is 9.47 Å². The fourth-order valence-corrected chi connectivity index (χ4v) is 7.73. The molecule has 0 bridgehead atoms. The van der Waals surface area contributed by atoms with Crippen LogP contribution in [0, 0.1) is 0 Å². The van der Waals surface area contributed by atoms with Gasteiger partial charge in [0, 0.05) is 6.42 Å². The van der Waals surface area contributed by atoms with E-state index in [0.29, 0.717) is 12.8 Å². The molecule has 0 aromatic carbocycles. The Morgan fingerprint density at radius 1 is 0.530 bits per heavy atom. The molecule has 7 unspecified atom stereocenters. The summed E-state index contributed by atoms with van der Waals surface area (Å²) in [7, 11) is 0. The molecule has 0 radical (unpaired) electrons. The number of rotatable bonds is 43. The lowest BCUT2D eigenvalue weighted by Gasteiger charge is -2.40. The Morgan fingerprint density at radius 3 is 1.42 bits per heavy atom. The Kier molecular flexibility index (Phi) is 42.5. The summed E-state index contributed by atoms with van der Waals surface area (Å²) in [6, 6.07) is -0.889. The van der Waals surface area contributed by atoms with E-state index in [0.717, 1.165) is 51.4 Å². The highest BCUT2D eigenvalue weighted by molar-refractivity contribution is 5.77. The summed E-state index contributed by atoms with van der Waals surface area (Å²) in [5, 5.41) is 54.2. The van der Waals surface area contributed by atoms with Gasteiger partial charge in [-0.05, 0) is 70.6 Å². The fourth-order valence-electron chi connectivity index (χ4n) is 7.73. The number of carbonyl (C=O) groups is 1. The molecule has 9 heteroatoms. The average molecular weight is 924 g/mol. The van der Waals surface area contributed by atoms with Gasteiger partial charge < -0.3 is 40.3 Å². The topological polar surface area (TPSA) is 149 Å². The average Bonchev–Trinajstić information content (AvgIpc) is 3.32. The zero-order chi connectivity index (χ0) is 48.0. The molecule has 6 N–H and O–H groups in total. The van der Waals surface area contributed by atoms with Crippen LogP contribution in [0.25, 0.3) is 0 Å². The molecule has 66 heavy (non-hydrogen) atoms. The maximum atomic E-state index is 12.9. The van der Waals surface area contributed by atoms with Crippen LogP contribution in [0.2, 0.25) is 0 Å². The molecule has 1 heterocycles. The van der Waals surface area contributed by atoms with Crippen molar-refractivity contribution in [3.8, 4) is 0 Å². The monoisotopic (exact) mass is 924 g/mol. The number of carbonyl (C=O) groups excluding carboxylic acids is 1. The van der Waals surface area contributed by atoms with Gasteiger partial charge in [-0.3, -0.25) is 4.79 Å². The van der Waals surface area contributed by atoms with Gasteiger partial charge in [-0.15, -0.1) is 0 Å². The molecule has 1 rings (SSSR count). The van der Waals surface area contributed by atoms with E-state index < -0.39 is 49.5 Å². The van der Waals surface area contributed by atoms with Gasteiger partial charge in [0.1, 0.15) is 24.4 Å². The molecule has 1 fully saturated rings. The molecule has 9 nitrogen and oxygen atoms in total. The number of amides is 1. The quantitative estimate of drug-likeness (QED) is 0.0262. The van der Waals surface area contributed by atoms with Gasteiger partial charge in [0.15, 0.2) is 6.29 Å². The summed E-state index contributed by atoms with van der Waals surface area (Å²) in [6.45, 7) is 3.57. The van der Waals surface area contributed by atoms with E-state index in [1.165, 1.54) is 116 Å². The van der Waals surface area contributed by atoms with E-state index in [1.54, 1.807) is 12.2 Å². The Balaban J connectivity index is 2.32. The minimum Gasteiger partial charge on any atom is -0.394 e. The lowest BCUT2D eigenvalue weighted by Crippen LogP contribution is -2.60. The van der Waals surface area contributed by atoms with Crippen molar-refractivity contribution >= 4 is 5.91 Å². The summed E-state index contributed by atoms with van der Waals surface area (Å²) in [5.41, 5.74) is 0. The minimum atomic E-state index is -1.60. The van der Waals surface area contributed by atoms with Crippen LogP contribution in [0.1, 0.15) is 200 Å². The number of hydrogen-bond donors (Lipinski definition) is 6. The van der Waals surface area contributed by atoms with E-state index in [-0.39, 0.29) is 18.9 Å². The van der Waals surface area contributed by atoms with Crippen molar-refractivity contribution in [1.29, 1.82) is 0 Å². The molecule has 0 spiro atoms. The predicted molar refractivity (Wildman–Crippen MR) is 276 cm³/mol. The third-order valence-electron chi connectivity index (χ3n) is 11.9. The van der Waals surface area contributed by atoms with Gasteiger partial charge >= 0.3 is 0 Å². The SMILES string of the molecule is CC/C=C\C/C=C\C/C=C\C/C=C\C/C=C\CC(=O)NC(COC1OC(CO)C(O)C(O)C1O)C(O)/C=C/CC/C=C/CC/C=C/CCCCCCCCCCCCCCCCCCCC. The fraction of sp³-hybridized carbons (Fsp3) is 0.702. The van der Waals surface area contributed by atoms with Crippen molar-refractivity contribution in [2.75, 3.05) is 13.2 Å². The first-order chi connectivity index (χ1) is 32.3. The third kappa shape index (κ3) is 35.3. The Bertz CT molecular complexity index is 1350. The zero-order valence-electron chi connectivity index (χ0n) is 41.7. The van der Waals surface area contributed by atoms with Gasteiger partial charge in [0.2, 0.25) is 5.91 Å². The Morgan fingerprint density at radius 2 is 0.955 bits per heavy atom. The van der Waals surface area contributed by atoms with E-state index in [1.807, 2.05) is 18.2 Å². The molecule has 0 aliphatic carbocycles. The van der Waals surface area contributed by atoms with E-state index in [2.05, 4.69) is 86.0 Å². The lowest BCUT2D eigenvalue weighted by molar-refractivity contribution is -0.302. The van der Waals surface area contributed by atoms with Crippen molar-refractivity contribution < 1.29 is 39.8 Å². The molecule has 7 atom stereocenters. The van der Waals surface area contributed by atoms with Crippen LogP contribution in [0.4, 0.5) is 0 Å². The second-order valence-corrected chi connectivity index (χ2v) is 17.9. The molecule has 1 aliphatic heterocycles. The first-order valence-electron chi connectivity index (χ1n) is 26.5. The smallest absolute Gasteiger partial charge is 0.224 e. The molecule has 378 valence electrons. The number of aliphatic hydroxyl groups is 5. The third-order valence-corrected chi connectivity index (χ3v) is 11.9. The standard InChI is InChI=1S/C57H97NO8/c1-3-5-7-9-11-13-15-17-19-20-21-22-23-24-25-26-27-28-29-30-31-33-34-36-38-40-42-44-46-51(60)50(49-65-57-56(64)55(63)54(62)52(48-59)66-57)58-53(61)47-45-43-41-39-37-35-32-18-16-14-12-10-8-6-4-2/h6,8,12,14,18,30-32,36-39,43-46,50-52,54-57,59-60,62-64H,3-5,7,9-11,13,15-17,19-29,33-35,40-42,47-49H2,1-2H3,(H,58,61)/b8-6-,14-12-,31-30+,32-18-,38-36+,39-37-,45-43-,46-44+. The van der Waals surface area contributed by atoms with Gasteiger partial charge in [0.05, 0.1) is 25.4 Å². The van der Waals surface area contributed by atoms with Crippen LogP contribution < -0.4 is 5.32 Å². The molecular formula is C57H97NO8. The zero-order valence-corrected chi connectivity index (χ0v) is 41.7. The molecule has 1 saturated heterocycles. The molecule has 1 aliphatic rings. The van der Waals surface area contributed by atoms with Crippen LogP contribution in [-0.4, -0.2) is 87.5 Å². The molecule has 0 aromatic heterocycles. The van der Waals surface area contributed by atoms with Crippen LogP contribution in [-0.2, 0) is 14.3 Å². The van der Waals surface area contributed by atoms with Gasteiger partial charge in [-0.1, -0.05) is 220 Å². The summed E-state index contributed by atoms with van der Waals surface area (Å²) in [6.07, 6.45) is 59.4. The van der Waals surface area contributed by atoms with Crippen molar-refractivity contribution in [3.63, 3.8) is 0 Å². The maximum absolute atomic E-state index is 12.9. The molecule has 0 aromatic rings. The van der Waals surface area contributed by atoms with Crippen molar-refractivity contribution in [1.82, 2.24) is 5.32 Å². The largest absolute Gasteiger partial charge is 0.394 e. The van der Waals surface area contributed by atoms with Crippen LogP contribution in [0.3, 0.4) is 0 Å². The van der Waals surface area contributed by atoms with E-state index >= 15 is 0 Å². The highest BCUT2D eigenvalue weighted by Crippen LogP contribution is 2.22. The predicted octanol–water partition coefficient (Wildman–Crippen LogP) is 12.5. The Hall–Kier alpha value is -2.89. The molecular weight excluding hydrogens is 827 g/mol. The van der Waals surface area contributed by atoms with Crippen LogP contribution >= 0.6 is 0 Å². The minimum absolute atomic E-state index is 0.0973. The van der Waals surface area contributed by atoms with Crippen molar-refractivity contribution in [2.45, 2.75) is 243 Å². The van der Waals surface area contributed by atoms with Gasteiger partial charge in [0.25, 0.3) is 0 Å². The van der Waals surface area contributed by atoms with Crippen LogP contribution in [0.15, 0.2) is 97.2 Å².